The molecule has 2 N–H and O–H groups in total. The van der Waals surface area contributed by atoms with E-state index in [1.54, 1.807) is 6.20 Å². The number of thiocarbonyl (C=S) groups is 1. The summed E-state index contributed by atoms with van der Waals surface area (Å²) in [5, 5.41) is 2.21. The third-order valence-electron chi connectivity index (χ3n) is 2.88. The molecular formula is C14H16N2S. The highest BCUT2D eigenvalue weighted by atomic mass is 32.1. The molecule has 0 unspecified atom stereocenters. The lowest BCUT2D eigenvalue weighted by Crippen LogP contribution is -2.12. The lowest BCUT2D eigenvalue weighted by molar-refractivity contribution is 0.796. The molecule has 0 aliphatic heterocycles. The zero-order chi connectivity index (χ0) is 12.3. The number of rotatable bonds is 4. The van der Waals surface area contributed by atoms with Gasteiger partial charge < -0.3 is 5.73 Å². The van der Waals surface area contributed by atoms with Crippen molar-refractivity contribution in [2.24, 2.45) is 5.73 Å². The Balaban J connectivity index is 2.50. The molecule has 2 nitrogen and oxygen atoms in total. The minimum atomic E-state index is 0.364. The molecule has 1 aromatic heterocycles. The van der Waals surface area contributed by atoms with Gasteiger partial charge in [-0.15, -0.1) is 0 Å². The van der Waals surface area contributed by atoms with Gasteiger partial charge in [0.15, 0.2) is 0 Å². The van der Waals surface area contributed by atoms with Gasteiger partial charge >= 0.3 is 0 Å². The number of nitrogens with two attached hydrogens (primary N) is 1. The van der Waals surface area contributed by atoms with Crippen LogP contribution in [0, 0.1) is 0 Å². The predicted molar refractivity (Wildman–Crippen MR) is 76.2 cm³/mol. The maximum Gasteiger partial charge on any atom is 0.123 e. The van der Waals surface area contributed by atoms with Crippen LogP contribution in [0.5, 0.6) is 0 Å². The van der Waals surface area contributed by atoms with Crippen LogP contribution in [0.3, 0.4) is 0 Å². The van der Waals surface area contributed by atoms with Gasteiger partial charge in [-0.05, 0) is 35.9 Å². The zero-order valence-corrected chi connectivity index (χ0v) is 10.8. The predicted octanol–water partition coefficient (Wildman–Crippen LogP) is 3.21. The molecule has 0 aliphatic rings. The minimum Gasteiger partial charge on any atom is -0.388 e. The summed E-state index contributed by atoms with van der Waals surface area (Å²) in [4.78, 5) is 4.63. The van der Waals surface area contributed by atoms with Crippen molar-refractivity contribution in [2.75, 3.05) is 0 Å². The molecule has 0 atom stereocenters. The van der Waals surface area contributed by atoms with Crippen molar-refractivity contribution in [2.45, 2.75) is 26.2 Å². The summed E-state index contributed by atoms with van der Waals surface area (Å²) in [5.74, 6) is 0. The molecule has 0 bridgehead atoms. The summed E-state index contributed by atoms with van der Waals surface area (Å²) in [6.45, 7) is 2.20. The van der Waals surface area contributed by atoms with E-state index < -0.39 is 0 Å². The summed E-state index contributed by atoms with van der Waals surface area (Å²) in [7, 11) is 0. The van der Waals surface area contributed by atoms with E-state index in [2.05, 4.69) is 30.1 Å². The molecule has 0 amide bonds. The second-order valence-electron chi connectivity index (χ2n) is 4.18. The van der Waals surface area contributed by atoms with Crippen molar-refractivity contribution in [1.82, 2.24) is 4.98 Å². The Morgan fingerprint density at radius 2 is 2.18 bits per heavy atom. The average molecular weight is 244 g/mol. The Labute approximate surface area is 107 Å². The van der Waals surface area contributed by atoms with Gasteiger partial charge in [-0.2, -0.15) is 0 Å². The van der Waals surface area contributed by atoms with Crippen LogP contribution in [0.2, 0.25) is 0 Å². The van der Waals surface area contributed by atoms with Gasteiger partial charge in [-0.25, -0.2) is 0 Å². The van der Waals surface area contributed by atoms with E-state index >= 15 is 0 Å². The highest BCUT2D eigenvalue weighted by molar-refractivity contribution is 7.80. The van der Waals surface area contributed by atoms with E-state index in [1.165, 1.54) is 18.4 Å². The average Bonchev–Trinajstić information content (AvgIpc) is 2.35. The molecule has 0 aliphatic carbocycles. The van der Waals surface area contributed by atoms with Crippen LogP contribution in [0.15, 0.2) is 30.5 Å². The fourth-order valence-electron chi connectivity index (χ4n) is 1.95. The van der Waals surface area contributed by atoms with Crippen LogP contribution in [-0.2, 0) is 6.42 Å². The summed E-state index contributed by atoms with van der Waals surface area (Å²) in [5.41, 5.74) is 7.76. The Hall–Kier alpha value is -1.48. The Bertz CT molecular complexity index is 549. The van der Waals surface area contributed by atoms with Crippen molar-refractivity contribution in [3.63, 3.8) is 0 Å². The molecule has 3 heteroatoms. The fourth-order valence-corrected chi connectivity index (χ4v) is 2.11. The third-order valence-corrected chi connectivity index (χ3v) is 3.08. The number of unbranched alkanes of at least 4 members (excludes halogenated alkanes) is 1. The van der Waals surface area contributed by atoms with Crippen molar-refractivity contribution < 1.29 is 0 Å². The highest BCUT2D eigenvalue weighted by Gasteiger charge is 2.05. The van der Waals surface area contributed by atoms with E-state index in [9.17, 15) is 0 Å². The summed E-state index contributed by atoms with van der Waals surface area (Å²) >= 11 is 5.04. The quantitative estimate of drug-likeness (QED) is 0.839. The largest absolute Gasteiger partial charge is 0.388 e. The van der Waals surface area contributed by atoms with Crippen LogP contribution < -0.4 is 5.73 Å². The first-order valence-electron chi connectivity index (χ1n) is 5.90. The van der Waals surface area contributed by atoms with E-state index in [-0.39, 0.29) is 0 Å². The van der Waals surface area contributed by atoms with Crippen LogP contribution in [0.1, 0.15) is 31.0 Å². The van der Waals surface area contributed by atoms with Crippen molar-refractivity contribution in [3.8, 4) is 0 Å². The van der Waals surface area contributed by atoms with Crippen molar-refractivity contribution in [1.29, 1.82) is 0 Å². The lowest BCUT2D eigenvalue weighted by atomic mass is 10.0. The fraction of sp³-hybridized carbons (Fsp3) is 0.286. The highest BCUT2D eigenvalue weighted by Crippen LogP contribution is 2.19. The lowest BCUT2D eigenvalue weighted by Gasteiger charge is -2.06. The monoisotopic (exact) mass is 244 g/mol. The number of aryl methyl sites for hydroxylation is 1. The Morgan fingerprint density at radius 3 is 2.88 bits per heavy atom. The first-order valence-corrected chi connectivity index (χ1v) is 6.30. The first kappa shape index (κ1) is 12.0. The number of hydrogen-bond acceptors (Lipinski definition) is 2. The number of nitrogens with zero attached hydrogens (tertiary/aromatic N) is 1. The molecule has 0 spiro atoms. The topological polar surface area (TPSA) is 38.9 Å². The van der Waals surface area contributed by atoms with Crippen LogP contribution in [0.25, 0.3) is 10.8 Å². The molecule has 0 fully saturated rings. The molecule has 17 heavy (non-hydrogen) atoms. The number of hydrogen-bond donors (Lipinski definition) is 1. The van der Waals surface area contributed by atoms with E-state index in [1.807, 2.05) is 6.07 Å². The van der Waals surface area contributed by atoms with E-state index in [0.717, 1.165) is 22.9 Å². The maximum atomic E-state index is 5.70. The van der Waals surface area contributed by atoms with Crippen LogP contribution in [-0.4, -0.2) is 9.97 Å². The van der Waals surface area contributed by atoms with Crippen LogP contribution >= 0.6 is 12.2 Å². The molecule has 88 valence electrons. The third kappa shape index (κ3) is 2.61. The standard InChI is InChI=1S/C14H16N2S/c1-2-3-4-10-5-6-11-7-8-16-13(14(15)17)12(11)9-10/h5-9H,2-4H2,1H3,(H2,15,17). The molecule has 1 heterocycles. The smallest absolute Gasteiger partial charge is 0.123 e. The van der Waals surface area contributed by atoms with E-state index in [4.69, 9.17) is 18.0 Å². The SMILES string of the molecule is CCCCc1ccc2ccnc(C(N)=S)c2c1. The molecule has 1 aromatic carbocycles. The van der Waals surface area contributed by atoms with Gasteiger partial charge in [0, 0.05) is 11.6 Å². The summed E-state index contributed by atoms with van der Waals surface area (Å²) in [6, 6.07) is 8.43. The maximum absolute atomic E-state index is 5.70. The summed E-state index contributed by atoms with van der Waals surface area (Å²) < 4.78 is 0. The molecule has 2 aromatic rings. The number of fused-ring (bicyclic) bond motifs is 1. The second-order valence-corrected chi connectivity index (χ2v) is 4.62. The van der Waals surface area contributed by atoms with Crippen molar-refractivity contribution in [3.05, 3.63) is 41.7 Å². The summed E-state index contributed by atoms with van der Waals surface area (Å²) in [6.07, 6.45) is 5.25. The van der Waals surface area contributed by atoms with E-state index in [0.29, 0.717) is 4.99 Å². The molecule has 0 saturated carbocycles. The number of benzene rings is 1. The molecule has 0 saturated heterocycles. The molecular weight excluding hydrogens is 228 g/mol. The molecule has 2 rings (SSSR count). The first-order chi connectivity index (χ1) is 8.22. The van der Waals surface area contributed by atoms with Gasteiger partial charge in [0.2, 0.25) is 0 Å². The number of aromatic nitrogens is 1. The normalized spacial score (nSPS) is 10.6. The van der Waals surface area contributed by atoms with Gasteiger partial charge in [-0.3, -0.25) is 4.98 Å². The second kappa shape index (κ2) is 5.23. The molecule has 0 radical (unpaired) electrons. The zero-order valence-electron chi connectivity index (χ0n) is 9.94. The van der Waals surface area contributed by atoms with Gasteiger partial charge in [0.1, 0.15) is 10.7 Å². The number of pyridine rings is 1. The van der Waals surface area contributed by atoms with Gasteiger partial charge in [0.05, 0.1) is 0 Å². The Morgan fingerprint density at radius 1 is 1.35 bits per heavy atom. The minimum absolute atomic E-state index is 0.364. The van der Waals surface area contributed by atoms with Gasteiger partial charge in [-0.1, -0.05) is 37.7 Å². The van der Waals surface area contributed by atoms with Crippen molar-refractivity contribution >= 4 is 28.0 Å². The Kier molecular flexibility index (Phi) is 3.69. The van der Waals surface area contributed by atoms with Crippen LogP contribution in [0.4, 0.5) is 0 Å². The van der Waals surface area contributed by atoms with Gasteiger partial charge in [0.25, 0.3) is 0 Å².